The molecular weight excluding hydrogens is 320 g/mol. The molecule has 0 aliphatic heterocycles. The van der Waals surface area contributed by atoms with Crippen LogP contribution in [0.1, 0.15) is 17.3 Å². The van der Waals surface area contributed by atoms with Crippen molar-refractivity contribution in [1.82, 2.24) is 4.98 Å². The molecule has 0 aliphatic carbocycles. The van der Waals surface area contributed by atoms with Crippen LogP contribution in [-0.4, -0.2) is 44.7 Å². The van der Waals surface area contributed by atoms with Crippen LogP contribution >= 0.6 is 0 Å². The minimum absolute atomic E-state index is 0.225. The highest BCUT2D eigenvalue weighted by atomic mass is 16.6. The summed E-state index contributed by atoms with van der Waals surface area (Å²) in [5.74, 6) is 0.482. The second kappa shape index (κ2) is 8.14. The van der Waals surface area contributed by atoms with Crippen LogP contribution < -0.4 is 15.1 Å². The molecule has 1 heterocycles. The van der Waals surface area contributed by atoms with Crippen molar-refractivity contribution in [2.24, 2.45) is 0 Å². The lowest BCUT2D eigenvalue weighted by Gasteiger charge is -2.17. The Morgan fingerprint density at radius 2 is 1.80 bits per heavy atom. The van der Waals surface area contributed by atoms with Crippen molar-refractivity contribution >= 4 is 29.2 Å². The van der Waals surface area contributed by atoms with Crippen LogP contribution in [0.15, 0.2) is 42.6 Å². The molecule has 0 aliphatic rings. The minimum atomic E-state index is -0.424. The average Bonchev–Trinajstić information content (AvgIpc) is 2.62. The van der Waals surface area contributed by atoms with Gasteiger partial charge in [-0.3, -0.25) is 9.69 Å². The fourth-order valence-electron chi connectivity index (χ4n) is 2.10. The molecule has 0 saturated carbocycles. The van der Waals surface area contributed by atoms with Crippen LogP contribution in [0.4, 0.5) is 22.0 Å². The van der Waals surface area contributed by atoms with Gasteiger partial charge in [-0.15, -0.1) is 0 Å². The summed E-state index contributed by atoms with van der Waals surface area (Å²) in [5, 5.41) is 2.82. The molecule has 0 unspecified atom stereocenters. The molecule has 0 spiro atoms. The lowest BCUT2D eigenvalue weighted by Crippen LogP contribution is -2.26. The maximum Gasteiger partial charge on any atom is 0.413 e. The molecule has 0 fully saturated rings. The quantitative estimate of drug-likeness (QED) is 0.904. The highest BCUT2D eigenvalue weighted by Gasteiger charge is 2.12. The number of hydrogen-bond acceptors (Lipinski definition) is 5. The van der Waals surface area contributed by atoms with Gasteiger partial charge in [0.2, 0.25) is 0 Å². The SMILES string of the molecule is CCOC(=O)N(C)c1ccc(NC(=O)c2ccnc(N(C)C)c2)cc1. The van der Waals surface area contributed by atoms with Gasteiger partial charge >= 0.3 is 6.09 Å². The van der Waals surface area contributed by atoms with Gasteiger partial charge in [-0.25, -0.2) is 9.78 Å². The number of nitrogens with zero attached hydrogens (tertiary/aromatic N) is 3. The van der Waals surface area contributed by atoms with E-state index in [-0.39, 0.29) is 5.91 Å². The van der Waals surface area contributed by atoms with E-state index in [0.29, 0.717) is 29.4 Å². The molecule has 2 amide bonds. The van der Waals surface area contributed by atoms with E-state index in [1.165, 1.54) is 4.90 Å². The molecule has 132 valence electrons. The Kier molecular flexibility index (Phi) is 5.94. The smallest absolute Gasteiger partial charge is 0.413 e. The first kappa shape index (κ1) is 18.3. The van der Waals surface area contributed by atoms with E-state index in [1.807, 2.05) is 19.0 Å². The summed E-state index contributed by atoms with van der Waals surface area (Å²) in [4.78, 5) is 31.5. The normalized spacial score (nSPS) is 10.1. The molecule has 1 N–H and O–H groups in total. The van der Waals surface area contributed by atoms with Crippen LogP contribution in [0.2, 0.25) is 0 Å². The monoisotopic (exact) mass is 342 g/mol. The first-order valence-corrected chi connectivity index (χ1v) is 7.87. The number of carbonyl (C=O) groups excluding carboxylic acids is 2. The lowest BCUT2D eigenvalue weighted by molar-refractivity contribution is 0.102. The number of rotatable bonds is 5. The van der Waals surface area contributed by atoms with E-state index in [4.69, 9.17) is 4.74 Å². The van der Waals surface area contributed by atoms with Gasteiger partial charge in [0.15, 0.2) is 0 Å². The van der Waals surface area contributed by atoms with E-state index in [0.717, 1.165) is 0 Å². The Balaban J connectivity index is 2.07. The Hall–Kier alpha value is -3.09. The number of anilines is 3. The first-order chi connectivity index (χ1) is 11.9. The number of hydrogen-bond donors (Lipinski definition) is 1. The zero-order valence-electron chi connectivity index (χ0n) is 14.8. The number of pyridine rings is 1. The highest BCUT2D eigenvalue weighted by molar-refractivity contribution is 6.04. The zero-order chi connectivity index (χ0) is 18.4. The van der Waals surface area contributed by atoms with E-state index < -0.39 is 6.09 Å². The number of carbonyl (C=O) groups is 2. The Morgan fingerprint density at radius 3 is 2.40 bits per heavy atom. The average molecular weight is 342 g/mol. The number of nitrogens with one attached hydrogen (secondary N) is 1. The zero-order valence-corrected chi connectivity index (χ0v) is 14.8. The maximum atomic E-state index is 12.4. The van der Waals surface area contributed by atoms with Crippen LogP contribution in [0, 0.1) is 0 Å². The molecular formula is C18H22N4O3. The third-order valence-corrected chi connectivity index (χ3v) is 3.52. The molecule has 1 aromatic carbocycles. The van der Waals surface area contributed by atoms with Crippen molar-refractivity contribution in [2.75, 3.05) is 42.9 Å². The van der Waals surface area contributed by atoms with E-state index in [2.05, 4.69) is 10.3 Å². The van der Waals surface area contributed by atoms with E-state index >= 15 is 0 Å². The van der Waals surface area contributed by atoms with Gasteiger partial charge in [0.05, 0.1) is 6.61 Å². The fraction of sp³-hybridized carbons (Fsp3) is 0.278. The van der Waals surface area contributed by atoms with E-state index in [9.17, 15) is 9.59 Å². The van der Waals surface area contributed by atoms with Crippen molar-refractivity contribution < 1.29 is 14.3 Å². The van der Waals surface area contributed by atoms with Gasteiger partial charge in [0.1, 0.15) is 5.82 Å². The molecule has 7 nitrogen and oxygen atoms in total. The van der Waals surface area contributed by atoms with Crippen LogP contribution in [0.3, 0.4) is 0 Å². The van der Waals surface area contributed by atoms with Gasteiger partial charge in [-0.2, -0.15) is 0 Å². The molecule has 0 radical (unpaired) electrons. The molecule has 0 saturated heterocycles. The lowest BCUT2D eigenvalue weighted by atomic mass is 10.2. The minimum Gasteiger partial charge on any atom is -0.449 e. The Bertz CT molecular complexity index is 744. The summed E-state index contributed by atoms with van der Waals surface area (Å²) in [6.07, 6.45) is 1.18. The molecule has 7 heteroatoms. The van der Waals surface area contributed by atoms with E-state index in [1.54, 1.807) is 56.6 Å². The summed E-state index contributed by atoms with van der Waals surface area (Å²) in [6.45, 7) is 2.07. The molecule has 2 rings (SSSR count). The van der Waals surface area contributed by atoms with Crippen molar-refractivity contribution in [3.63, 3.8) is 0 Å². The molecule has 0 bridgehead atoms. The number of aromatic nitrogens is 1. The van der Waals surface area contributed by atoms with Gasteiger partial charge < -0.3 is 15.0 Å². The topological polar surface area (TPSA) is 74.8 Å². The van der Waals surface area contributed by atoms with Crippen molar-refractivity contribution in [2.45, 2.75) is 6.92 Å². The largest absolute Gasteiger partial charge is 0.449 e. The molecule has 2 aromatic rings. The Labute approximate surface area is 147 Å². The number of benzene rings is 1. The molecule has 1 aromatic heterocycles. The highest BCUT2D eigenvalue weighted by Crippen LogP contribution is 2.19. The van der Waals surface area contributed by atoms with Gasteiger partial charge in [0, 0.05) is 44.3 Å². The summed E-state index contributed by atoms with van der Waals surface area (Å²) >= 11 is 0. The van der Waals surface area contributed by atoms with Crippen molar-refractivity contribution in [1.29, 1.82) is 0 Å². The summed E-state index contributed by atoms with van der Waals surface area (Å²) in [5.41, 5.74) is 1.83. The third-order valence-electron chi connectivity index (χ3n) is 3.52. The molecule has 25 heavy (non-hydrogen) atoms. The number of ether oxygens (including phenoxy) is 1. The predicted molar refractivity (Wildman–Crippen MR) is 98.4 cm³/mol. The first-order valence-electron chi connectivity index (χ1n) is 7.87. The van der Waals surface area contributed by atoms with Crippen LogP contribution in [-0.2, 0) is 4.74 Å². The van der Waals surface area contributed by atoms with Crippen LogP contribution in [0.25, 0.3) is 0 Å². The van der Waals surface area contributed by atoms with Gasteiger partial charge in [0.25, 0.3) is 5.91 Å². The fourth-order valence-corrected chi connectivity index (χ4v) is 2.10. The Morgan fingerprint density at radius 1 is 1.12 bits per heavy atom. The van der Waals surface area contributed by atoms with Gasteiger partial charge in [-0.1, -0.05) is 0 Å². The van der Waals surface area contributed by atoms with Gasteiger partial charge in [-0.05, 0) is 43.3 Å². The number of amides is 2. The second-order valence-corrected chi connectivity index (χ2v) is 5.56. The maximum absolute atomic E-state index is 12.4. The standard InChI is InChI=1S/C18H22N4O3/c1-5-25-18(24)22(4)15-8-6-14(7-9-15)20-17(23)13-10-11-19-16(12-13)21(2)3/h6-12H,5H2,1-4H3,(H,20,23). The summed E-state index contributed by atoms with van der Waals surface area (Å²) in [6, 6.07) is 10.3. The summed E-state index contributed by atoms with van der Waals surface area (Å²) in [7, 11) is 5.36. The predicted octanol–water partition coefficient (Wildman–Crippen LogP) is 2.99. The van der Waals surface area contributed by atoms with Crippen molar-refractivity contribution in [3.8, 4) is 0 Å². The molecule has 0 atom stereocenters. The summed E-state index contributed by atoms with van der Waals surface area (Å²) < 4.78 is 4.95. The van der Waals surface area contributed by atoms with Crippen LogP contribution in [0.5, 0.6) is 0 Å². The van der Waals surface area contributed by atoms with Crippen molar-refractivity contribution in [3.05, 3.63) is 48.2 Å². The second-order valence-electron chi connectivity index (χ2n) is 5.56. The third kappa shape index (κ3) is 4.69.